The summed E-state index contributed by atoms with van der Waals surface area (Å²) in [6, 6.07) is 1.75. The van der Waals surface area contributed by atoms with E-state index >= 15 is 0 Å². The average molecular weight is 497 g/mol. The summed E-state index contributed by atoms with van der Waals surface area (Å²) in [7, 11) is 0. The van der Waals surface area contributed by atoms with Crippen LogP contribution in [-0.2, 0) is 0 Å². The molecule has 0 atom stereocenters. The van der Waals surface area contributed by atoms with Crippen LogP contribution in [0.4, 0.5) is 0 Å². The van der Waals surface area contributed by atoms with E-state index in [2.05, 4.69) is 17.3 Å². The van der Waals surface area contributed by atoms with Crippen molar-refractivity contribution in [2.45, 2.75) is 157 Å². The van der Waals surface area contributed by atoms with Crippen molar-refractivity contribution in [3.8, 4) is 6.07 Å². The molecule has 0 aromatic rings. The van der Waals surface area contributed by atoms with Gasteiger partial charge in [-0.1, -0.05) is 38.2 Å². The normalized spacial score (nSPS) is 15.1. The maximum absolute atomic E-state index is 9.53. The molecule has 5 nitrogen and oxygen atoms in total. The number of hydrogen-bond donors (Lipinski definition) is 3. The Morgan fingerprint density at radius 1 is 0.857 bits per heavy atom. The first-order chi connectivity index (χ1) is 15.5. The summed E-state index contributed by atoms with van der Waals surface area (Å²) in [5.74, 6) is 0. The van der Waals surface area contributed by atoms with Gasteiger partial charge in [-0.25, -0.2) is 0 Å². The number of oxime groups is 1. The van der Waals surface area contributed by atoms with E-state index in [-0.39, 0.29) is 14.9 Å². The lowest BCUT2D eigenvalue weighted by Crippen LogP contribution is -2.17. The Balaban J connectivity index is -0.000000208. The predicted molar refractivity (Wildman–Crippen MR) is 154 cm³/mol. The lowest BCUT2D eigenvalue weighted by molar-refractivity contribution is 0.0682. The zero-order chi connectivity index (χ0) is 25.6. The van der Waals surface area contributed by atoms with Gasteiger partial charge in [0.2, 0.25) is 0 Å². The molecule has 0 saturated carbocycles. The molecule has 208 valence electrons. The van der Waals surface area contributed by atoms with E-state index in [0.717, 1.165) is 25.7 Å². The van der Waals surface area contributed by atoms with Gasteiger partial charge in [0.05, 0.1) is 17.3 Å². The van der Waals surface area contributed by atoms with Crippen molar-refractivity contribution in [1.82, 2.24) is 0 Å². The summed E-state index contributed by atoms with van der Waals surface area (Å²) in [4.78, 5) is 0. The Labute approximate surface area is 219 Å². The Morgan fingerprint density at radius 3 is 1.37 bits per heavy atom. The van der Waals surface area contributed by atoms with E-state index in [4.69, 9.17) is 10.5 Å². The molecule has 0 spiro atoms. The van der Waals surface area contributed by atoms with Crippen molar-refractivity contribution in [1.29, 1.82) is 5.26 Å². The number of nitriles is 1. The van der Waals surface area contributed by atoms with E-state index in [1.807, 2.05) is 27.7 Å². The summed E-state index contributed by atoms with van der Waals surface area (Å²) in [6.45, 7) is 10.6. The number of aliphatic hydroxyl groups is 2. The third-order valence-corrected chi connectivity index (χ3v) is 5.46. The van der Waals surface area contributed by atoms with Crippen LogP contribution < -0.4 is 0 Å². The Hall–Kier alpha value is -1.64. The molecule has 0 aromatic carbocycles. The van der Waals surface area contributed by atoms with Gasteiger partial charge in [0.15, 0.2) is 0 Å². The van der Waals surface area contributed by atoms with Crippen molar-refractivity contribution in [3.05, 3.63) is 23.3 Å². The highest BCUT2D eigenvalue weighted by Gasteiger charge is 2.13. The van der Waals surface area contributed by atoms with Crippen LogP contribution in [-0.4, -0.2) is 32.8 Å². The van der Waals surface area contributed by atoms with Gasteiger partial charge >= 0.3 is 0 Å². The molecule has 0 radical (unpaired) electrons. The second kappa shape index (κ2) is 25.5. The molecule has 2 aliphatic rings. The number of nitrogens with zero attached hydrogens (tertiary/aromatic N) is 2. The zero-order valence-electron chi connectivity index (χ0n) is 22.4. The van der Waals surface area contributed by atoms with Crippen molar-refractivity contribution >= 4 is 6.21 Å². The number of hydrogen-bond acceptors (Lipinski definition) is 5. The smallest absolute Gasteiger partial charge is 0.0591 e. The molecule has 2 aliphatic carbocycles. The van der Waals surface area contributed by atoms with Crippen LogP contribution in [0, 0.1) is 11.3 Å². The average Bonchev–Trinajstić information content (AvgIpc) is 2.75. The maximum atomic E-state index is 9.53. The van der Waals surface area contributed by atoms with Crippen LogP contribution in [0.2, 0.25) is 0 Å². The highest BCUT2D eigenvalue weighted by Crippen LogP contribution is 2.24. The molecule has 0 fully saturated rings. The Morgan fingerprint density at radius 2 is 1.17 bits per heavy atom. The van der Waals surface area contributed by atoms with Gasteiger partial charge in [-0.3, -0.25) is 0 Å². The van der Waals surface area contributed by atoms with Crippen LogP contribution in [0.15, 0.2) is 28.5 Å². The minimum atomic E-state index is -0.477. The van der Waals surface area contributed by atoms with Gasteiger partial charge in [-0.15, -0.1) is 5.16 Å². The Kier molecular flexibility index (Phi) is 29.5. The molecular weight excluding hydrogens is 436 g/mol. The Bertz CT molecular complexity index is 542. The first-order valence-electron chi connectivity index (χ1n) is 12.7. The van der Waals surface area contributed by atoms with E-state index in [1.54, 1.807) is 24.1 Å². The highest BCUT2D eigenvalue weighted by atomic mass is 16.4. The molecule has 2 rings (SSSR count). The lowest BCUT2D eigenvalue weighted by Gasteiger charge is -2.18. The first kappa shape index (κ1) is 40.5. The largest absolute Gasteiger partial charge is 0.411 e. The number of rotatable bonds is 8. The SMILES string of the molecule is C.C.C/C=N/O.CC#N.CC(C)(O)CCCC1=CCCCC1.CC(C)(O)CCCC1=CCCCC1. The summed E-state index contributed by atoms with van der Waals surface area (Å²) in [5, 5.41) is 36.4. The van der Waals surface area contributed by atoms with Crippen LogP contribution in [0.3, 0.4) is 0 Å². The first-order valence-corrected chi connectivity index (χ1v) is 12.7. The van der Waals surface area contributed by atoms with Crippen molar-refractivity contribution in [2.75, 3.05) is 0 Å². The fourth-order valence-electron chi connectivity index (χ4n) is 3.76. The van der Waals surface area contributed by atoms with Crippen molar-refractivity contribution < 1.29 is 15.4 Å². The summed E-state index contributed by atoms with van der Waals surface area (Å²) in [6.07, 6.45) is 23.2. The quantitative estimate of drug-likeness (QED) is 0.135. The third kappa shape index (κ3) is 34.6. The fourth-order valence-corrected chi connectivity index (χ4v) is 3.76. The molecule has 3 N–H and O–H groups in total. The van der Waals surface area contributed by atoms with E-state index < -0.39 is 11.2 Å². The molecule has 0 heterocycles. The van der Waals surface area contributed by atoms with Crippen LogP contribution >= 0.6 is 0 Å². The number of allylic oxidation sites excluding steroid dienone is 4. The topological polar surface area (TPSA) is 96.8 Å². The molecule has 0 aliphatic heterocycles. The van der Waals surface area contributed by atoms with Gasteiger partial charge < -0.3 is 15.4 Å². The van der Waals surface area contributed by atoms with E-state index in [9.17, 15) is 10.2 Å². The molecule has 35 heavy (non-hydrogen) atoms. The molecule has 0 amide bonds. The molecular formula is C30H60N2O3. The molecule has 0 aromatic heterocycles. The minimum absolute atomic E-state index is 0. The highest BCUT2D eigenvalue weighted by molar-refractivity contribution is 5.51. The second-order valence-corrected chi connectivity index (χ2v) is 10.1. The third-order valence-electron chi connectivity index (χ3n) is 5.46. The van der Waals surface area contributed by atoms with Gasteiger partial charge in [0, 0.05) is 13.1 Å². The summed E-state index contributed by atoms with van der Waals surface area (Å²) < 4.78 is 0. The van der Waals surface area contributed by atoms with E-state index in [0.29, 0.717) is 0 Å². The second-order valence-electron chi connectivity index (χ2n) is 10.1. The van der Waals surface area contributed by atoms with Gasteiger partial charge in [-0.05, 0) is 125 Å². The molecule has 5 heteroatoms. The fraction of sp³-hybridized carbons (Fsp3) is 0.800. The zero-order valence-corrected chi connectivity index (χ0v) is 22.4. The van der Waals surface area contributed by atoms with Crippen molar-refractivity contribution in [2.24, 2.45) is 5.16 Å². The van der Waals surface area contributed by atoms with Crippen LogP contribution in [0.1, 0.15) is 146 Å². The predicted octanol–water partition coefficient (Wildman–Crippen LogP) is 9.12. The molecule has 0 bridgehead atoms. The summed E-state index contributed by atoms with van der Waals surface area (Å²) in [5.41, 5.74) is 2.29. The lowest BCUT2D eigenvalue weighted by atomic mass is 9.93. The van der Waals surface area contributed by atoms with Crippen molar-refractivity contribution in [3.63, 3.8) is 0 Å². The van der Waals surface area contributed by atoms with Gasteiger partial charge in [0.25, 0.3) is 0 Å². The molecule has 0 unspecified atom stereocenters. The minimum Gasteiger partial charge on any atom is -0.411 e. The standard InChI is InChI=1S/2C12H22O.C2H5NO.C2H3N.2CH4/c2*1-12(2,13)10-6-9-11-7-4-3-5-8-11;1-2-3-4;1-2-3;;/h2*7,13H,3-6,8-10H2,1-2H3;2,4H,1H3;1H3;2*1H4/b;;3-2+;;;. The van der Waals surface area contributed by atoms with E-state index in [1.165, 1.54) is 77.3 Å². The summed E-state index contributed by atoms with van der Waals surface area (Å²) >= 11 is 0. The monoisotopic (exact) mass is 496 g/mol. The maximum Gasteiger partial charge on any atom is 0.0591 e. The molecule has 0 saturated heterocycles. The van der Waals surface area contributed by atoms with Crippen LogP contribution in [0.25, 0.3) is 0 Å². The van der Waals surface area contributed by atoms with Crippen LogP contribution in [0.5, 0.6) is 0 Å². The van der Waals surface area contributed by atoms with Gasteiger partial charge in [-0.2, -0.15) is 5.26 Å². The van der Waals surface area contributed by atoms with Gasteiger partial charge in [0.1, 0.15) is 0 Å².